The van der Waals surface area contributed by atoms with Crippen LogP contribution < -0.4 is 16.0 Å². The molecule has 0 saturated carbocycles. The Labute approximate surface area is 92.3 Å². The number of carbonyl (C=O) groups is 1. The summed E-state index contributed by atoms with van der Waals surface area (Å²) in [7, 11) is 1.42. The van der Waals surface area contributed by atoms with Crippen LogP contribution >= 0.6 is 0 Å². The molecule has 0 aliphatic carbocycles. The zero-order valence-corrected chi connectivity index (χ0v) is 8.77. The lowest BCUT2D eigenvalue weighted by Crippen LogP contribution is -2.44. The van der Waals surface area contributed by atoms with E-state index in [-0.39, 0.29) is 12.4 Å². The molecule has 0 saturated heterocycles. The predicted octanol–water partition coefficient (Wildman–Crippen LogP) is 0.209. The van der Waals surface area contributed by atoms with Gasteiger partial charge in [0, 0.05) is 13.2 Å². The second kappa shape index (κ2) is 6.04. The van der Waals surface area contributed by atoms with Gasteiger partial charge >= 0.3 is 0 Å². The molecule has 1 aromatic rings. The molecule has 0 fully saturated rings. The summed E-state index contributed by atoms with van der Waals surface area (Å²) in [6.45, 7) is 0.0273. The molecule has 1 unspecified atom stereocenters. The van der Waals surface area contributed by atoms with Crippen LogP contribution in [0.5, 0.6) is 5.75 Å². The number of hydrazine groups is 1. The van der Waals surface area contributed by atoms with Crippen molar-refractivity contribution in [1.82, 2.24) is 5.43 Å². The largest absolute Gasteiger partial charge is 0.478 e. The molecule has 1 amide bonds. The topological polar surface area (TPSA) is 73.6 Å². The van der Waals surface area contributed by atoms with Gasteiger partial charge in [-0.1, -0.05) is 6.07 Å². The Morgan fingerprint density at radius 2 is 2.38 bits per heavy atom. The number of carbonyl (C=O) groups excluding carboxylic acids is 1. The summed E-state index contributed by atoms with van der Waals surface area (Å²) in [5, 5.41) is 0. The minimum absolute atomic E-state index is 0.0273. The molecule has 1 atom stereocenters. The number of benzene rings is 1. The monoisotopic (exact) mass is 228 g/mol. The SMILES string of the molecule is COCC(Oc1cccc(F)c1)C(=O)NN. The van der Waals surface area contributed by atoms with Crippen molar-refractivity contribution >= 4 is 5.91 Å². The second-order valence-corrected chi connectivity index (χ2v) is 3.03. The highest BCUT2D eigenvalue weighted by Gasteiger charge is 2.19. The molecule has 0 radical (unpaired) electrons. The molecular formula is C10H13FN2O3. The molecule has 1 aromatic carbocycles. The fraction of sp³-hybridized carbons (Fsp3) is 0.300. The summed E-state index contributed by atoms with van der Waals surface area (Å²) in [6.07, 6.45) is -0.906. The van der Waals surface area contributed by atoms with Crippen LogP contribution in [0.15, 0.2) is 24.3 Å². The highest BCUT2D eigenvalue weighted by Crippen LogP contribution is 2.13. The van der Waals surface area contributed by atoms with Crippen molar-refractivity contribution in [3.63, 3.8) is 0 Å². The van der Waals surface area contributed by atoms with Gasteiger partial charge in [0.2, 0.25) is 6.10 Å². The third kappa shape index (κ3) is 3.48. The van der Waals surface area contributed by atoms with Crippen molar-refractivity contribution in [1.29, 1.82) is 0 Å². The first kappa shape index (κ1) is 12.4. The van der Waals surface area contributed by atoms with E-state index in [1.807, 2.05) is 5.43 Å². The van der Waals surface area contributed by atoms with E-state index in [9.17, 15) is 9.18 Å². The summed E-state index contributed by atoms with van der Waals surface area (Å²) >= 11 is 0. The fourth-order valence-corrected chi connectivity index (χ4v) is 1.11. The van der Waals surface area contributed by atoms with Crippen LogP contribution in [0.2, 0.25) is 0 Å². The molecule has 0 aliphatic rings. The maximum absolute atomic E-state index is 12.8. The molecule has 0 bridgehead atoms. The normalized spacial score (nSPS) is 11.9. The quantitative estimate of drug-likeness (QED) is 0.429. The first-order valence-corrected chi connectivity index (χ1v) is 4.59. The number of nitrogens with two attached hydrogens (primary N) is 1. The second-order valence-electron chi connectivity index (χ2n) is 3.03. The third-order valence-electron chi connectivity index (χ3n) is 1.83. The van der Waals surface area contributed by atoms with Gasteiger partial charge in [0.15, 0.2) is 0 Å². The van der Waals surface area contributed by atoms with Crippen molar-refractivity contribution < 1.29 is 18.7 Å². The maximum Gasteiger partial charge on any atom is 0.277 e. The maximum atomic E-state index is 12.8. The number of methoxy groups -OCH3 is 1. The van der Waals surface area contributed by atoms with Gasteiger partial charge in [0.1, 0.15) is 11.6 Å². The van der Waals surface area contributed by atoms with Gasteiger partial charge in [0.25, 0.3) is 5.91 Å². The Morgan fingerprint density at radius 3 is 2.94 bits per heavy atom. The van der Waals surface area contributed by atoms with Crippen LogP contribution in [0.25, 0.3) is 0 Å². The van der Waals surface area contributed by atoms with Gasteiger partial charge in [-0.3, -0.25) is 10.2 Å². The Kier molecular flexibility index (Phi) is 4.68. The summed E-state index contributed by atoms with van der Waals surface area (Å²) in [4.78, 5) is 11.3. The van der Waals surface area contributed by atoms with Crippen LogP contribution in [-0.2, 0) is 9.53 Å². The lowest BCUT2D eigenvalue weighted by Gasteiger charge is -2.16. The zero-order valence-electron chi connectivity index (χ0n) is 8.77. The predicted molar refractivity (Wildman–Crippen MR) is 55.0 cm³/mol. The standard InChI is InChI=1S/C10H13FN2O3/c1-15-6-9(10(14)13-12)16-8-4-2-3-7(11)5-8/h2-5,9H,6,12H2,1H3,(H,13,14). The van der Waals surface area contributed by atoms with Gasteiger partial charge in [-0.15, -0.1) is 0 Å². The first-order chi connectivity index (χ1) is 7.67. The molecule has 0 spiro atoms. The van der Waals surface area contributed by atoms with Crippen molar-refractivity contribution in [2.45, 2.75) is 6.10 Å². The summed E-state index contributed by atoms with van der Waals surface area (Å²) in [6, 6.07) is 5.47. The Bertz CT molecular complexity index is 360. The number of ether oxygens (including phenoxy) is 2. The van der Waals surface area contributed by atoms with Crippen molar-refractivity contribution in [3.8, 4) is 5.75 Å². The molecule has 3 N–H and O–H groups in total. The number of nitrogens with one attached hydrogen (secondary N) is 1. The Hall–Kier alpha value is -1.66. The fourth-order valence-electron chi connectivity index (χ4n) is 1.11. The zero-order chi connectivity index (χ0) is 12.0. The van der Waals surface area contributed by atoms with E-state index in [1.54, 1.807) is 0 Å². The molecule has 88 valence electrons. The van der Waals surface area contributed by atoms with Crippen molar-refractivity contribution in [2.75, 3.05) is 13.7 Å². The van der Waals surface area contributed by atoms with E-state index < -0.39 is 17.8 Å². The smallest absolute Gasteiger partial charge is 0.277 e. The Balaban J connectivity index is 2.71. The average Bonchev–Trinajstić information content (AvgIpc) is 2.27. The number of rotatable bonds is 5. The van der Waals surface area contributed by atoms with Gasteiger partial charge in [0.05, 0.1) is 6.61 Å². The van der Waals surface area contributed by atoms with E-state index in [0.717, 1.165) is 0 Å². The Morgan fingerprint density at radius 1 is 1.62 bits per heavy atom. The van der Waals surface area contributed by atoms with E-state index in [0.29, 0.717) is 0 Å². The van der Waals surface area contributed by atoms with Gasteiger partial charge in [-0.05, 0) is 12.1 Å². The van der Waals surface area contributed by atoms with Crippen LogP contribution in [-0.4, -0.2) is 25.7 Å². The molecule has 0 heterocycles. The molecule has 1 rings (SSSR count). The lowest BCUT2D eigenvalue weighted by atomic mass is 10.3. The van der Waals surface area contributed by atoms with E-state index in [4.69, 9.17) is 15.3 Å². The minimum Gasteiger partial charge on any atom is -0.478 e. The molecule has 0 aromatic heterocycles. The molecule has 16 heavy (non-hydrogen) atoms. The minimum atomic E-state index is -0.906. The van der Waals surface area contributed by atoms with Crippen LogP contribution in [0.4, 0.5) is 4.39 Å². The van der Waals surface area contributed by atoms with E-state index in [1.165, 1.54) is 31.4 Å². The van der Waals surface area contributed by atoms with Crippen molar-refractivity contribution in [3.05, 3.63) is 30.1 Å². The van der Waals surface area contributed by atoms with Gasteiger partial charge in [-0.2, -0.15) is 0 Å². The molecule has 5 nitrogen and oxygen atoms in total. The van der Waals surface area contributed by atoms with Crippen LogP contribution in [0, 0.1) is 5.82 Å². The van der Waals surface area contributed by atoms with Gasteiger partial charge in [-0.25, -0.2) is 10.2 Å². The highest BCUT2D eigenvalue weighted by molar-refractivity contribution is 5.80. The average molecular weight is 228 g/mol. The number of halogens is 1. The van der Waals surface area contributed by atoms with Crippen LogP contribution in [0.1, 0.15) is 0 Å². The number of hydrogen-bond donors (Lipinski definition) is 2. The van der Waals surface area contributed by atoms with E-state index in [2.05, 4.69) is 0 Å². The third-order valence-corrected chi connectivity index (χ3v) is 1.83. The van der Waals surface area contributed by atoms with Crippen molar-refractivity contribution in [2.24, 2.45) is 5.84 Å². The molecular weight excluding hydrogens is 215 g/mol. The summed E-state index contributed by atoms with van der Waals surface area (Å²) < 4.78 is 22.9. The summed E-state index contributed by atoms with van der Waals surface area (Å²) in [5.74, 6) is 4.24. The van der Waals surface area contributed by atoms with Gasteiger partial charge < -0.3 is 9.47 Å². The number of hydrogen-bond acceptors (Lipinski definition) is 4. The van der Waals surface area contributed by atoms with Crippen LogP contribution in [0.3, 0.4) is 0 Å². The summed E-state index contributed by atoms with van der Waals surface area (Å²) in [5.41, 5.74) is 1.95. The lowest BCUT2D eigenvalue weighted by molar-refractivity contribution is -0.130. The molecule has 0 aliphatic heterocycles. The first-order valence-electron chi connectivity index (χ1n) is 4.59. The van der Waals surface area contributed by atoms with E-state index >= 15 is 0 Å². The number of amides is 1. The molecule has 6 heteroatoms. The highest BCUT2D eigenvalue weighted by atomic mass is 19.1.